The fraction of sp³-hybridized carbons (Fsp3) is 0.500. The summed E-state index contributed by atoms with van der Waals surface area (Å²) in [6.45, 7) is 0. The third-order valence-electron chi connectivity index (χ3n) is 0.887. The molecule has 0 spiro atoms. The molecule has 7 heavy (non-hydrogen) atoms. The van der Waals surface area contributed by atoms with E-state index in [9.17, 15) is 0 Å². The highest BCUT2D eigenvalue weighted by Gasteiger charge is 2.33. The van der Waals surface area contributed by atoms with Crippen molar-refractivity contribution in [3.05, 3.63) is 11.1 Å². The first-order chi connectivity index (χ1) is 3.13. The van der Waals surface area contributed by atoms with Gasteiger partial charge in [-0.3, -0.25) is 0 Å². The van der Waals surface area contributed by atoms with Crippen LogP contribution in [0.2, 0.25) is 0 Å². The first-order valence-corrected chi connectivity index (χ1v) is 3.00. The number of rotatable bonds is 0. The summed E-state index contributed by atoms with van der Waals surface area (Å²) in [4.78, 5) is 0. The molecule has 40 valence electrons. The average Bonchev–Trinajstić information content (AvgIpc) is 1.63. The predicted octanol–water partition coefficient (Wildman–Crippen LogP) is 2.69. The lowest BCUT2D eigenvalue weighted by molar-refractivity contribution is 0.868. The van der Waals surface area contributed by atoms with E-state index in [4.69, 9.17) is 34.8 Å². The predicted molar refractivity (Wildman–Crippen MR) is 33.0 cm³/mol. The summed E-state index contributed by atoms with van der Waals surface area (Å²) < 4.78 is -0.748. The summed E-state index contributed by atoms with van der Waals surface area (Å²) in [5.74, 6) is 0. The molecule has 0 atom stereocenters. The Morgan fingerprint density at radius 3 is 2.00 bits per heavy atom. The third-order valence-corrected chi connectivity index (χ3v) is 2.27. The minimum absolute atomic E-state index is 0.552. The number of hydrogen-bond donors (Lipinski definition) is 0. The Hall–Kier alpha value is 0.610. The molecule has 0 aliphatic heterocycles. The number of alkyl halides is 2. The minimum atomic E-state index is -0.748. The maximum absolute atomic E-state index is 5.52. The van der Waals surface area contributed by atoms with E-state index in [0.29, 0.717) is 11.5 Å². The van der Waals surface area contributed by atoms with Gasteiger partial charge >= 0.3 is 0 Å². The van der Waals surface area contributed by atoms with Gasteiger partial charge in [0.05, 0.1) is 5.03 Å². The molecule has 1 aliphatic carbocycles. The molecule has 0 amide bonds. The molecule has 1 rings (SSSR count). The molecule has 0 N–H and O–H groups in total. The second-order valence-electron chi connectivity index (χ2n) is 1.46. The van der Waals surface area contributed by atoms with Crippen LogP contribution in [0.25, 0.3) is 0 Å². The standard InChI is InChI=1S/C4H3Cl3/c5-3-1-2-4(3,6)7/h1H,2H2. The zero-order valence-electron chi connectivity index (χ0n) is 3.42. The second kappa shape index (κ2) is 1.54. The Morgan fingerprint density at radius 2 is 2.00 bits per heavy atom. The fourth-order valence-electron chi connectivity index (χ4n) is 0.334. The normalized spacial score (nSPS) is 25.9. The molecule has 3 heteroatoms. The molecule has 0 aromatic carbocycles. The van der Waals surface area contributed by atoms with Gasteiger partial charge in [0.1, 0.15) is 0 Å². The molecular formula is C4H3Cl3. The summed E-state index contributed by atoms with van der Waals surface area (Å²) in [5, 5.41) is 0.552. The molecule has 0 saturated heterocycles. The number of hydrogen-bond acceptors (Lipinski definition) is 0. The van der Waals surface area contributed by atoms with Crippen molar-refractivity contribution in [3.63, 3.8) is 0 Å². The van der Waals surface area contributed by atoms with Gasteiger partial charge in [-0.15, -0.1) is 0 Å². The average molecular weight is 157 g/mol. The van der Waals surface area contributed by atoms with Crippen molar-refractivity contribution < 1.29 is 0 Å². The SMILES string of the molecule is ClC1=CCC1(Cl)Cl. The molecule has 0 nitrogen and oxygen atoms in total. The van der Waals surface area contributed by atoms with Crippen LogP contribution in [0.15, 0.2) is 11.1 Å². The monoisotopic (exact) mass is 156 g/mol. The number of allylic oxidation sites excluding steroid dienone is 2. The van der Waals surface area contributed by atoms with Crippen LogP contribution in [0.4, 0.5) is 0 Å². The van der Waals surface area contributed by atoms with Crippen LogP contribution in [-0.2, 0) is 0 Å². The molecule has 0 fully saturated rings. The Labute approximate surface area is 57.0 Å². The molecule has 0 radical (unpaired) electrons. The van der Waals surface area contributed by atoms with Crippen molar-refractivity contribution in [1.29, 1.82) is 0 Å². The zero-order valence-corrected chi connectivity index (χ0v) is 5.69. The Morgan fingerprint density at radius 1 is 1.57 bits per heavy atom. The van der Waals surface area contributed by atoms with Crippen LogP contribution in [0, 0.1) is 0 Å². The van der Waals surface area contributed by atoms with Crippen molar-refractivity contribution >= 4 is 34.8 Å². The maximum atomic E-state index is 5.52. The topological polar surface area (TPSA) is 0 Å². The lowest BCUT2D eigenvalue weighted by atomic mass is 10.1. The first kappa shape index (κ1) is 5.74. The van der Waals surface area contributed by atoms with E-state index in [1.54, 1.807) is 6.08 Å². The highest BCUT2D eigenvalue weighted by atomic mass is 35.5. The summed E-state index contributed by atoms with van der Waals surface area (Å²) in [7, 11) is 0. The van der Waals surface area contributed by atoms with Gasteiger partial charge in [-0.1, -0.05) is 40.9 Å². The van der Waals surface area contributed by atoms with Crippen molar-refractivity contribution in [2.75, 3.05) is 0 Å². The highest BCUT2D eigenvalue weighted by molar-refractivity contribution is 6.57. The van der Waals surface area contributed by atoms with E-state index in [-0.39, 0.29) is 0 Å². The van der Waals surface area contributed by atoms with E-state index in [1.165, 1.54) is 0 Å². The smallest absolute Gasteiger partial charge is 0.0950 e. The first-order valence-electron chi connectivity index (χ1n) is 1.87. The second-order valence-corrected chi connectivity index (χ2v) is 3.35. The van der Waals surface area contributed by atoms with Crippen LogP contribution in [0.1, 0.15) is 6.42 Å². The van der Waals surface area contributed by atoms with Crippen LogP contribution < -0.4 is 0 Å². The quantitative estimate of drug-likeness (QED) is 0.474. The van der Waals surface area contributed by atoms with E-state index >= 15 is 0 Å². The minimum Gasteiger partial charge on any atom is -0.0950 e. The fourth-order valence-corrected chi connectivity index (χ4v) is 0.796. The van der Waals surface area contributed by atoms with E-state index in [1.807, 2.05) is 0 Å². The van der Waals surface area contributed by atoms with Gasteiger partial charge in [-0.25, -0.2) is 0 Å². The van der Waals surface area contributed by atoms with Crippen molar-refractivity contribution in [2.24, 2.45) is 0 Å². The van der Waals surface area contributed by atoms with Crippen molar-refractivity contribution in [3.8, 4) is 0 Å². The lowest BCUT2D eigenvalue weighted by Gasteiger charge is -2.24. The van der Waals surface area contributed by atoms with Crippen molar-refractivity contribution in [2.45, 2.75) is 10.8 Å². The maximum Gasteiger partial charge on any atom is 0.156 e. The summed E-state index contributed by atoms with van der Waals surface area (Å²) >= 11 is 16.5. The molecule has 0 unspecified atom stereocenters. The zero-order chi connectivity index (χ0) is 5.49. The van der Waals surface area contributed by atoms with Gasteiger partial charge in [0, 0.05) is 6.42 Å². The van der Waals surface area contributed by atoms with E-state index in [2.05, 4.69) is 0 Å². The van der Waals surface area contributed by atoms with E-state index < -0.39 is 4.33 Å². The van der Waals surface area contributed by atoms with Gasteiger partial charge in [-0.2, -0.15) is 0 Å². The van der Waals surface area contributed by atoms with Gasteiger partial charge in [-0.05, 0) is 0 Å². The molecule has 0 heterocycles. The molecule has 0 bridgehead atoms. The Kier molecular flexibility index (Phi) is 1.27. The summed E-state index contributed by atoms with van der Waals surface area (Å²) in [5.41, 5.74) is 0. The van der Waals surface area contributed by atoms with Gasteiger partial charge in [0.25, 0.3) is 0 Å². The highest BCUT2D eigenvalue weighted by Crippen LogP contribution is 2.44. The molecule has 0 aromatic heterocycles. The molecule has 0 aromatic rings. The van der Waals surface area contributed by atoms with E-state index in [0.717, 1.165) is 0 Å². The van der Waals surface area contributed by atoms with Gasteiger partial charge in [0.15, 0.2) is 4.33 Å². The molecule has 0 saturated carbocycles. The van der Waals surface area contributed by atoms with Crippen LogP contribution >= 0.6 is 34.8 Å². The van der Waals surface area contributed by atoms with Gasteiger partial charge < -0.3 is 0 Å². The summed E-state index contributed by atoms with van der Waals surface area (Å²) in [6, 6.07) is 0. The largest absolute Gasteiger partial charge is 0.156 e. The van der Waals surface area contributed by atoms with Crippen LogP contribution in [0.3, 0.4) is 0 Å². The third kappa shape index (κ3) is 0.883. The number of halogens is 3. The molecule has 1 aliphatic rings. The lowest BCUT2D eigenvalue weighted by Crippen LogP contribution is -2.19. The van der Waals surface area contributed by atoms with Crippen molar-refractivity contribution in [1.82, 2.24) is 0 Å². The molecular weight excluding hydrogens is 154 g/mol. The summed E-state index contributed by atoms with van der Waals surface area (Å²) in [6.07, 6.45) is 2.47. The Bertz CT molecular complexity index is 114. The van der Waals surface area contributed by atoms with Gasteiger partial charge in [0.2, 0.25) is 0 Å². The van der Waals surface area contributed by atoms with Crippen LogP contribution in [-0.4, -0.2) is 4.33 Å². The van der Waals surface area contributed by atoms with Crippen LogP contribution in [0.5, 0.6) is 0 Å². The Balaban J connectivity index is 2.68.